The second kappa shape index (κ2) is 6.94. The van der Waals surface area contributed by atoms with Crippen molar-refractivity contribution in [3.8, 4) is 5.75 Å². The first kappa shape index (κ1) is 15.7. The third-order valence-corrected chi connectivity index (χ3v) is 4.55. The molecule has 3 rings (SSSR count). The SMILES string of the molecule is CCCCC1Cc2c(nnn2Cc2ccc(OC)cc2)C1=NC. The summed E-state index contributed by atoms with van der Waals surface area (Å²) in [5.74, 6) is 1.38. The lowest BCUT2D eigenvalue weighted by atomic mass is 9.98. The minimum atomic E-state index is 0.502. The molecule has 1 aliphatic rings. The highest BCUT2D eigenvalue weighted by Gasteiger charge is 2.32. The van der Waals surface area contributed by atoms with Gasteiger partial charge < -0.3 is 4.74 Å². The summed E-state index contributed by atoms with van der Waals surface area (Å²) in [4.78, 5) is 4.49. The molecule has 0 fully saturated rings. The van der Waals surface area contributed by atoms with E-state index in [0.717, 1.165) is 30.1 Å². The fourth-order valence-corrected chi connectivity index (χ4v) is 3.27. The molecule has 1 unspecified atom stereocenters. The molecule has 0 N–H and O–H groups in total. The molecular formula is C18H24N4O. The van der Waals surface area contributed by atoms with E-state index < -0.39 is 0 Å². The van der Waals surface area contributed by atoms with Crippen molar-refractivity contribution in [1.82, 2.24) is 15.0 Å². The quantitative estimate of drug-likeness (QED) is 0.823. The Labute approximate surface area is 137 Å². The Bertz CT molecular complexity index is 688. The standard InChI is InChI=1S/C18H24N4O/c1-4-5-6-14-11-16-18(17(14)19-2)20-21-22(16)12-13-7-9-15(23-3)10-8-13/h7-10,14H,4-6,11-12H2,1-3H3. The van der Waals surface area contributed by atoms with E-state index in [1.54, 1.807) is 7.11 Å². The molecule has 0 saturated heterocycles. The van der Waals surface area contributed by atoms with Gasteiger partial charge in [-0.1, -0.05) is 37.1 Å². The van der Waals surface area contributed by atoms with Crippen LogP contribution in [0.1, 0.15) is 43.1 Å². The van der Waals surface area contributed by atoms with E-state index in [0.29, 0.717) is 5.92 Å². The van der Waals surface area contributed by atoms with Gasteiger partial charge in [-0.15, -0.1) is 5.10 Å². The molecule has 1 heterocycles. The topological polar surface area (TPSA) is 52.3 Å². The first-order valence-electron chi connectivity index (χ1n) is 8.29. The van der Waals surface area contributed by atoms with Crippen molar-refractivity contribution in [2.75, 3.05) is 14.2 Å². The summed E-state index contributed by atoms with van der Waals surface area (Å²) in [7, 11) is 3.55. The number of aliphatic imine (C=N–C) groups is 1. The maximum atomic E-state index is 5.21. The van der Waals surface area contributed by atoms with Gasteiger partial charge in [0.15, 0.2) is 0 Å². The first-order valence-corrected chi connectivity index (χ1v) is 8.29. The highest BCUT2D eigenvalue weighted by Crippen LogP contribution is 2.29. The van der Waals surface area contributed by atoms with Gasteiger partial charge in [-0.05, 0) is 24.1 Å². The molecule has 0 spiro atoms. The van der Waals surface area contributed by atoms with E-state index >= 15 is 0 Å². The maximum Gasteiger partial charge on any atom is 0.130 e. The van der Waals surface area contributed by atoms with Crippen molar-refractivity contribution in [2.24, 2.45) is 10.9 Å². The lowest BCUT2D eigenvalue weighted by molar-refractivity contribution is 0.414. The van der Waals surface area contributed by atoms with Crippen LogP contribution < -0.4 is 4.74 Å². The summed E-state index contributed by atoms with van der Waals surface area (Å²) in [6.45, 7) is 2.97. The number of nitrogens with zero attached hydrogens (tertiary/aromatic N) is 4. The molecule has 0 saturated carbocycles. The summed E-state index contributed by atoms with van der Waals surface area (Å²) < 4.78 is 7.23. The number of aromatic nitrogens is 3. The monoisotopic (exact) mass is 312 g/mol. The summed E-state index contributed by atoms with van der Waals surface area (Å²) in [5.41, 5.74) is 4.56. The Kier molecular flexibility index (Phi) is 4.74. The van der Waals surface area contributed by atoms with E-state index in [2.05, 4.69) is 34.4 Å². The number of fused-ring (bicyclic) bond motifs is 1. The number of hydrogen-bond acceptors (Lipinski definition) is 4. The maximum absolute atomic E-state index is 5.21. The number of ether oxygens (including phenoxy) is 1. The van der Waals surface area contributed by atoms with Crippen LogP contribution in [-0.2, 0) is 13.0 Å². The van der Waals surface area contributed by atoms with E-state index in [4.69, 9.17) is 4.74 Å². The average Bonchev–Trinajstić information content (AvgIpc) is 3.13. The molecule has 23 heavy (non-hydrogen) atoms. The van der Waals surface area contributed by atoms with Crippen LogP contribution in [0.15, 0.2) is 29.3 Å². The molecule has 1 atom stereocenters. The van der Waals surface area contributed by atoms with Gasteiger partial charge in [-0.3, -0.25) is 4.99 Å². The number of unbranched alkanes of at least 4 members (excludes halogenated alkanes) is 1. The van der Waals surface area contributed by atoms with Crippen molar-refractivity contribution < 1.29 is 4.74 Å². The Morgan fingerprint density at radius 1 is 1.30 bits per heavy atom. The van der Waals surface area contributed by atoms with E-state index in [9.17, 15) is 0 Å². The molecule has 5 nitrogen and oxygen atoms in total. The van der Waals surface area contributed by atoms with Crippen molar-refractivity contribution in [2.45, 2.75) is 39.2 Å². The van der Waals surface area contributed by atoms with Crippen LogP contribution in [-0.4, -0.2) is 34.9 Å². The third-order valence-electron chi connectivity index (χ3n) is 4.55. The van der Waals surface area contributed by atoms with Crippen LogP contribution in [0.2, 0.25) is 0 Å². The average molecular weight is 312 g/mol. The summed E-state index contributed by atoms with van der Waals surface area (Å²) in [6, 6.07) is 8.11. The predicted molar refractivity (Wildman–Crippen MR) is 91.3 cm³/mol. The minimum Gasteiger partial charge on any atom is -0.497 e. The molecule has 5 heteroatoms. The molecule has 0 aliphatic heterocycles. The van der Waals surface area contributed by atoms with Crippen molar-refractivity contribution in [3.05, 3.63) is 41.2 Å². The molecule has 1 aliphatic carbocycles. The Morgan fingerprint density at radius 2 is 2.09 bits per heavy atom. The van der Waals surface area contributed by atoms with Gasteiger partial charge in [0.1, 0.15) is 11.4 Å². The lowest BCUT2D eigenvalue weighted by Gasteiger charge is -2.10. The highest BCUT2D eigenvalue weighted by molar-refractivity contribution is 6.04. The summed E-state index contributed by atoms with van der Waals surface area (Å²) in [6.07, 6.45) is 4.64. The minimum absolute atomic E-state index is 0.502. The third kappa shape index (κ3) is 3.14. The van der Waals surface area contributed by atoms with Crippen LogP contribution >= 0.6 is 0 Å². The smallest absolute Gasteiger partial charge is 0.130 e. The second-order valence-corrected chi connectivity index (χ2v) is 6.04. The van der Waals surface area contributed by atoms with Crippen LogP contribution in [0, 0.1) is 5.92 Å². The predicted octanol–water partition coefficient (Wildman–Crippen LogP) is 3.12. The molecule has 0 radical (unpaired) electrons. The van der Waals surface area contributed by atoms with Gasteiger partial charge in [-0.2, -0.15) is 0 Å². The molecule has 2 aromatic rings. The van der Waals surface area contributed by atoms with Crippen molar-refractivity contribution in [3.63, 3.8) is 0 Å². The van der Waals surface area contributed by atoms with Gasteiger partial charge >= 0.3 is 0 Å². The fraction of sp³-hybridized carbons (Fsp3) is 0.500. The Hall–Kier alpha value is -2.17. The van der Waals surface area contributed by atoms with Crippen LogP contribution in [0.3, 0.4) is 0 Å². The molecule has 1 aromatic heterocycles. The molecule has 122 valence electrons. The van der Waals surface area contributed by atoms with Crippen LogP contribution in [0.25, 0.3) is 0 Å². The second-order valence-electron chi connectivity index (χ2n) is 6.04. The molecule has 0 bridgehead atoms. The fourth-order valence-electron chi connectivity index (χ4n) is 3.27. The zero-order valence-corrected chi connectivity index (χ0v) is 14.1. The van der Waals surface area contributed by atoms with Gasteiger partial charge in [0.2, 0.25) is 0 Å². The van der Waals surface area contributed by atoms with Gasteiger partial charge in [0, 0.05) is 19.4 Å². The number of methoxy groups -OCH3 is 1. The normalized spacial score (nSPS) is 18.4. The zero-order valence-electron chi connectivity index (χ0n) is 14.1. The van der Waals surface area contributed by atoms with E-state index in [1.807, 2.05) is 23.9 Å². The Balaban J connectivity index is 1.79. The molecular weight excluding hydrogens is 288 g/mol. The van der Waals surface area contributed by atoms with Crippen molar-refractivity contribution in [1.29, 1.82) is 0 Å². The van der Waals surface area contributed by atoms with Crippen LogP contribution in [0.4, 0.5) is 0 Å². The molecule has 0 amide bonds. The largest absolute Gasteiger partial charge is 0.497 e. The van der Waals surface area contributed by atoms with Crippen LogP contribution in [0.5, 0.6) is 5.75 Å². The number of rotatable bonds is 6. The first-order chi connectivity index (χ1) is 11.3. The van der Waals surface area contributed by atoms with Crippen molar-refractivity contribution >= 4 is 5.71 Å². The Morgan fingerprint density at radius 3 is 2.74 bits per heavy atom. The summed E-state index contributed by atoms with van der Waals surface area (Å²) >= 11 is 0. The molecule has 1 aromatic carbocycles. The van der Waals surface area contributed by atoms with Gasteiger partial charge in [0.25, 0.3) is 0 Å². The zero-order chi connectivity index (χ0) is 16.2. The lowest BCUT2D eigenvalue weighted by Crippen LogP contribution is -2.13. The number of benzene rings is 1. The van der Waals surface area contributed by atoms with E-state index in [1.165, 1.54) is 30.5 Å². The summed E-state index contributed by atoms with van der Waals surface area (Å²) in [5, 5.41) is 8.74. The van der Waals surface area contributed by atoms with Gasteiger partial charge in [-0.25, -0.2) is 4.68 Å². The van der Waals surface area contributed by atoms with E-state index in [-0.39, 0.29) is 0 Å². The van der Waals surface area contributed by atoms with Gasteiger partial charge in [0.05, 0.1) is 25.1 Å². The highest BCUT2D eigenvalue weighted by atomic mass is 16.5. The number of hydrogen-bond donors (Lipinski definition) is 0.